The van der Waals surface area contributed by atoms with Crippen LogP contribution in [0.25, 0.3) is 0 Å². The van der Waals surface area contributed by atoms with Gasteiger partial charge in [0.2, 0.25) is 0 Å². The Labute approximate surface area is 199 Å². The standard InChI is InChI=1S/C28H43NO4/c1-19(30)23-6-7-24-22-5-4-20-18-21(33-26(31)10-13-29-14-16-32-17-15-29)8-11-27(20,2)25(22)9-12-28(23,24)3/h4,21-25H,5-18H2,1-3H3/t21-,22+,23-,24+,25+,27+,28-/m1/s1. The fourth-order valence-corrected chi connectivity index (χ4v) is 8.71. The lowest BCUT2D eigenvalue weighted by Gasteiger charge is -2.58. The Kier molecular flexibility index (Phi) is 6.50. The molecular formula is C28H43NO4. The molecule has 5 rings (SSSR count). The molecule has 4 fully saturated rings. The van der Waals surface area contributed by atoms with E-state index in [1.165, 1.54) is 19.3 Å². The number of morpholine rings is 1. The van der Waals surface area contributed by atoms with E-state index < -0.39 is 0 Å². The second-order valence-corrected chi connectivity index (χ2v) is 12.1. The Bertz CT molecular complexity index is 802. The molecule has 5 heteroatoms. The van der Waals surface area contributed by atoms with Gasteiger partial charge in [-0.15, -0.1) is 0 Å². The van der Waals surface area contributed by atoms with Gasteiger partial charge in [0.25, 0.3) is 0 Å². The van der Waals surface area contributed by atoms with Gasteiger partial charge in [-0.25, -0.2) is 0 Å². The van der Waals surface area contributed by atoms with Gasteiger partial charge in [-0.05, 0) is 80.5 Å². The van der Waals surface area contributed by atoms with E-state index in [2.05, 4.69) is 24.8 Å². The van der Waals surface area contributed by atoms with Crippen LogP contribution in [0.5, 0.6) is 0 Å². The van der Waals surface area contributed by atoms with Crippen LogP contribution in [0.1, 0.15) is 78.6 Å². The summed E-state index contributed by atoms with van der Waals surface area (Å²) in [6.45, 7) is 10.9. The molecule has 0 aromatic carbocycles. The fourth-order valence-electron chi connectivity index (χ4n) is 8.71. The van der Waals surface area contributed by atoms with Crippen molar-refractivity contribution in [1.29, 1.82) is 0 Å². The molecule has 3 saturated carbocycles. The van der Waals surface area contributed by atoms with Gasteiger partial charge in [0, 0.05) is 32.0 Å². The number of esters is 1. The van der Waals surface area contributed by atoms with Gasteiger partial charge < -0.3 is 9.47 Å². The highest BCUT2D eigenvalue weighted by molar-refractivity contribution is 5.79. The second kappa shape index (κ2) is 9.11. The zero-order valence-electron chi connectivity index (χ0n) is 20.9. The van der Waals surface area contributed by atoms with Crippen LogP contribution in [-0.2, 0) is 19.1 Å². The quantitative estimate of drug-likeness (QED) is 0.439. The lowest BCUT2D eigenvalue weighted by molar-refractivity contribution is -0.152. The van der Waals surface area contributed by atoms with Crippen molar-refractivity contribution in [3.05, 3.63) is 11.6 Å². The Balaban J connectivity index is 1.21. The molecule has 1 aliphatic heterocycles. The number of hydrogen-bond donors (Lipinski definition) is 0. The van der Waals surface area contributed by atoms with Crippen molar-refractivity contribution in [2.45, 2.75) is 84.7 Å². The second-order valence-electron chi connectivity index (χ2n) is 12.1. The van der Waals surface area contributed by atoms with Crippen LogP contribution in [-0.4, -0.2) is 55.6 Å². The minimum Gasteiger partial charge on any atom is -0.462 e. The summed E-state index contributed by atoms with van der Waals surface area (Å²) in [5.74, 6) is 2.77. The molecular weight excluding hydrogens is 414 g/mol. The predicted octanol–water partition coefficient (Wildman–Crippen LogP) is 4.79. The number of carbonyl (C=O) groups excluding carboxylic acids is 2. The molecule has 7 atom stereocenters. The normalized spacial score (nSPS) is 43.1. The summed E-state index contributed by atoms with van der Waals surface area (Å²) < 4.78 is 11.4. The first-order valence-electron chi connectivity index (χ1n) is 13.5. The number of ketones is 1. The first kappa shape index (κ1) is 23.5. The zero-order valence-corrected chi connectivity index (χ0v) is 20.9. The molecule has 184 valence electrons. The van der Waals surface area contributed by atoms with E-state index in [4.69, 9.17) is 9.47 Å². The van der Waals surface area contributed by atoms with Crippen molar-refractivity contribution in [3.8, 4) is 0 Å². The lowest BCUT2D eigenvalue weighted by Crippen LogP contribution is -2.51. The molecule has 1 saturated heterocycles. The maximum atomic E-state index is 12.5. The van der Waals surface area contributed by atoms with Crippen molar-refractivity contribution in [3.63, 3.8) is 0 Å². The molecule has 0 aromatic rings. The van der Waals surface area contributed by atoms with E-state index in [1.54, 1.807) is 5.57 Å². The number of ether oxygens (including phenoxy) is 2. The monoisotopic (exact) mass is 457 g/mol. The van der Waals surface area contributed by atoms with Crippen LogP contribution < -0.4 is 0 Å². The van der Waals surface area contributed by atoms with E-state index in [-0.39, 0.29) is 28.8 Å². The van der Waals surface area contributed by atoms with Gasteiger partial charge in [0.15, 0.2) is 0 Å². The SMILES string of the molecule is CC(=O)[C@H]1CC[C@H]2[C@@H]3CC=C4C[C@H](OC(=O)CCN5CCOCC5)CC[C@]4(C)[C@H]3CC[C@]12C. The maximum absolute atomic E-state index is 12.5. The molecule has 0 amide bonds. The van der Waals surface area contributed by atoms with E-state index in [9.17, 15) is 9.59 Å². The average molecular weight is 458 g/mol. The number of rotatable bonds is 5. The van der Waals surface area contributed by atoms with Gasteiger partial charge in [0.1, 0.15) is 11.9 Å². The van der Waals surface area contributed by atoms with Gasteiger partial charge in [-0.2, -0.15) is 0 Å². The Hall–Kier alpha value is -1.20. The van der Waals surface area contributed by atoms with Gasteiger partial charge in [0.05, 0.1) is 19.6 Å². The number of Topliss-reactive ketones (excluding diaryl/α,β-unsaturated/α-hetero) is 1. The number of nitrogens with zero attached hydrogens (tertiary/aromatic N) is 1. The first-order valence-corrected chi connectivity index (χ1v) is 13.5. The fraction of sp³-hybridized carbons (Fsp3) is 0.857. The van der Waals surface area contributed by atoms with Crippen LogP contribution in [0, 0.1) is 34.5 Å². The van der Waals surface area contributed by atoms with Crippen molar-refractivity contribution < 1.29 is 19.1 Å². The number of fused-ring (bicyclic) bond motifs is 5. The molecule has 0 bridgehead atoms. The number of hydrogen-bond acceptors (Lipinski definition) is 5. The van der Waals surface area contributed by atoms with Gasteiger partial charge in [-0.1, -0.05) is 25.5 Å². The minimum absolute atomic E-state index is 0.0421. The number of carbonyl (C=O) groups is 2. The summed E-state index contributed by atoms with van der Waals surface area (Å²) in [5, 5.41) is 0. The molecule has 1 heterocycles. The van der Waals surface area contributed by atoms with Crippen LogP contribution in [0.4, 0.5) is 0 Å². The molecule has 0 N–H and O–H groups in total. The van der Waals surface area contributed by atoms with Crippen molar-refractivity contribution in [2.75, 3.05) is 32.8 Å². The summed E-state index contributed by atoms with van der Waals surface area (Å²) in [7, 11) is 0. The van der Waals surface area contributed by atoms with Crippen LogP contribution in [0.3, 0.4) is 0 Å². The van der Waals surface area contributed by atoms with E-state index in [0.717, 1.165) is 76.8 Å². The highest BCUT2D eigenvalue weighted by Crippen LogP contribution is 2.66. The van der Waals surface area contributed by atoms with Crippen LogP contribution in [0.2, 0.25) is 0 Å². The molecule has 5 nitrogen and oxygen atoms in total. The summed E-state index contributed by atoms with van der Waals surface area (Å²) >= 11 is 0. The molecule has 33 heavy (non-hydrogen) atoms. The summed E-state index contributed by atoms with van der Waals surface area (Å²) in [6.07, 6.45) is 12.0. The highest BCUT2D eigenvalue weighted by Gasteiger charge is 2.59. The third-order valence-electron chi connectivity index (χ3n) is 10.6. The van der Waals surface area contributed by atoms with Crippen molar-refractivity contribution >= 4 is 11.8 Å². The van der Waals surface area contributed by atoms with E-state index in [0.29, 0.717) is 18.1 Å². The predicted molar refractivity (Wildman–Crippen MR) is 128 cm³/mol. The van der Waals surface area contributed by atoms with Gasteiger partial charge >= 0.3 is 5.97 Å². The van der Waals surface area contributed by atoms with Crippen molar-refractivity contribution in [2.24, 2.45) is 34.5 Å². The van der Waals surface area contributed by atoms with Crippen LogP contribution in [0.15, 0.2) is 11.6 Å². The highest BCUT2D eigenvalue weighted by atomic mass is 16.5. The summed E-state index contributed by atoms with van der Waals surface area (Å²) in [6, 6.07) is 0. The molecule has 0 aromatic heterocycles. The molecule has 0 spiro atoms. The Morgan fingerprint density at radius 2 is 1.88 bits per heavy atom. The third-order valence-corrected chi connectivity index (χ3v) is 10.6. The van der Waals surface area contributed by atoms with E-state index in [1.807, 2.05) is 6.92 Å². The molecule has 4 aliphatic carbocycles. The Morgan fingerprint density at radius 3 is 2.64 bits per heavy atom. The average Bonchev–Trinajstić information content (AvgIpc) is 3.16. The van der Waals surface area contributed by atoms with Gasteiger partial charge in [-0.3, -0.25) is 14.5 Å². The van der Waals surface area contributed by atoms with E-state index >= 15 is 0 Å². The summed E-state index contributed by atoms with van der Waals surface area (Å²) in [5.41, 5.74) is 2.00. The lowest BCUT2D eigenvalue weighted by atomic mass is 9.47. The Morgan fingerprint density at radius 1 is 1.09 bits per heavy atom. The maximum Gasteiger partial charge on any atom is 0.307 e. The molecule has 0 radical (unpaired) electrons. The smallest absolute Gasteiger partial charge is 0.307 e. The third kappa shape index (κ3) is 4.22. The van der Waals surface area contributed by atoms with Crippen LogP contribution >= 0.6 is 0 Å². The largest absolute Gasteiger partial charge is 0.462 e. The molecule has 0 unspecified atom stereocenters. The molecule has 5 aliphatic rings. The van der Waals surface area contributed by atoms with Crippen molar-refractivity contribution in [1.82, 2.24) is 4.90 Å². The first-order chi connectivity index (χ1) is 15.8. The minimum atomic E-state index is -0.0426. The topological polar surface area (TPSA) is 55.8 Å². The number of allylic oxidation sites excluding steroid dienone is 1. The summed E-state index contributed by atoms with van der Waals surface area (Å²) in [4.78, 5) is 27.2. The zero-order chi connectivity index (χ0) is 23.2.